The third-order valence-electron chi connectivity index (χ3n) is 4.73. The maximum absolute atomic E-state index is 12.9. The van der Waals surface area contributed by atoms with Gasteiger partial charge in [-0.25, -0.2) is 0 Å². The zero-order chi connectivity index (χ0) is 17.9. The largest absolute Gasteiger partial charge is 0.486 e. The van der Waals surface area contributed by atoms with E-state index in [1.807, 2.05) is 32.0 Å². The van der Waals surface area contributed by atoms with Gasteiger partial charge in [-0.05, 0) is 44.4 Å². The van der Waals surface area contributed by atoms with Gasteiger partial charge in [0.25, 0.3) is 5.91 Å². The molecule has 0 spiro atoms. The highest BCUT2D eigenvalue weighted by Crippen LogP contribution is 2.45. The number of nitrogens with one attached hydrogen (secondary N) is 1. The van der Waals surface area contributed by atoms with Crippen LogP contribution in [0.25, 0.3) is 0 Å². The van der Waals surface area contributed by atoms with Crippen molar-refractivity contribution >= 4 is 11.9 Å². The van der Waals surface area contributed by atoms with E-state index < -0.39 is 5.41 Å². The van der Waals surface area contributed by atoms with E-state index in [-0.39, 0.29) is 24.5 Å². The van der Waals surface area contributed by atoms with Crippen LogP contribution in [0.15, 0.2) is 18.2 Å². The van der Waals surface area contributed by atoms with Gasteiger partial charge in [0.15, 0.2) is 18.1 Å². The van der Waals surface area contributed by atoms with E-state index in [1.54, 1.807) is 0 Å². The van der Waals surface area contributed by atoms with Crippen LogP contribution < -0.4 is 14.8 Å². The summed E-state index contributed by atoms with van der Waals surface area (Å²) in [5.74, 6) is 0.757. The Kier molecular flexibility index (Phi) is 5.16. The molecule has 0 atom stereocenters. The smallest absolute Gasteiger partial charge is 0.317 e. The molecule has 1 aliphatic heterocycles. The SMILES string of the molecule is CC(C)NC(=O)COC(=O)C1(c2ccc3c(c2)OCCO3)CCCC1. The lowest BCUT2D eigenvalue weighted by atomic mass is 9.78. The van der Waals surface area contributed by atoms with Gasteiger partial charge in [-0.3, -0.25) is 9.59 Å². The van der Waals surface area contributed by atoms with Crippen molar-refractivity contribution in [1.29, 1.82) is 0 Å². The molecule has 1 fully saturated rings. The van der Waals surface area contributed by atoms with Crippen LogP contribution >= 0.6 is 0 Å². The third-order valence-corrected chi connectivity index (χ3v) is 4.73. The van der Waals surface area contributed by atoms with E-state index in [1.165, 1.54) is 0 Å². The van der Waals surface area contributed by atoms with Crippen molar-refractivity contribution in [3.63, 3.8) is 0 Å². The monoisotopic (exact) mass is 347 g/mol. The Morgan fingerprint density at radius 3 is 2.52 bits per heavy atom. The van der Waals surface area contributed by atoms with Crippen LogP contribution in [0.2, 0.25) is 0 Å². The summed E-state index contributed by atoms with van der Waals surface area (Å²) in [6, 6.07) is 5.66. The summed E-state index contributed by atoms with van der Waals surface area (Å²) in [5.41, 5.74) is 0.178. The summed E-state index contributed by atoms with van der Waals surface area (Å²) in [5, 5.41) is 2.73. The van der Waals surface area contributed by atoms with Gasteiger partial charge in [-0.1, -0.05) is 18.9 Å². The molecule has 136 valence electrons. The van der Waals surface area contributed by atoms with E-state index in [4.69, 9.17) is 14.2 Å². The van der Waals surface area contributed by atoms with Gasteiger partial charge in [0, 0.05) is 6.04 Å². The number of ether oxygens (including phenoxy) is 3. The average Bonchev–Trinajstić information content (AvgIpc) is 3.09. The summed E-state index contributed by atoms with van der Waals surface area (Å²) in [6.07, 6.45) is 3.36. The van der Waals surface area contributed by atoms with Crippen molar-refractivity contribution in [3.8, 4) is 11.5 Å². The van der Waals surface area contributed by atoms with Crippen molar-refractivity contribution < 1.29 is 23.8 Å². The summed E-state index contributed by atoms with van der Waals surface area (Å²) in [4.78, 5) is 24.6. The van der Waals surface area contributed by atoms with Gasteiger partial charge in [0.2, 0.25) is 0 Å². The number of rotatable bonds is 5. The maximum Gasteiger partial charge on any atom is 0.317 e. The van der Waals surface area contributed by atoms with Crippen LogP contribution in [0.3, 0.4) is 0 Å². The zero-order valence-electron chi connectivity index (χ0n) is 14.8. The molecule has 3 rings (SSSR count). The van der Waals surface area contributed by atoms with Gasteiger partial charge in [0.1, 0.15) is 13.2 Å². The predicted molar refractivity (Wildman–Crippen MR) is 91.8 cm³/mol. The Bertz CT molecular complexity index is 649. The Labute approximate surface area is 147 Å². The molecule has 1 amide bonds. The number of amides is 1. The lowest BCUT2D eigenvalue weighted by molar-refractivity contribution is -0.154. The second kappa shape index (κ2) is 7.33. The van der Waals surface area contributed by atoms with E-state index in [0.29, 0.717) is 24.7 Å². The Balaban J connectivity index is 1.77. The quantitative estimate of drug-likeness (QED) is 0.828. The lowest BCUT2D eigenvalue weighted by Crippen LogP contribution is -2.39. The Hall–Kier alpha value is -2.24. The summed E-state index contributed by atoms with van der Waals surface area (Å²) < 4.78 is 16.6. The molecular formula is C19H25NO5. The molecule has 6 heteroatoms. The molecule has 1 aromatic carbocycles. The van der Waals surface area contributed by atoms with Crippen molar-refractivity contribution in [2.24, 2.45) is 0 Å². The second-order valence-corrected chi connectivity index (χ2v) is 6.95. The fraction of sp³-hybridized carbons (Fsp3) is 0.579. The molecule has 25 heavy (non-hydrogen) atoms. The minimum Gasteiger partial charge on any atom is -0.486 e. The predicted octanol–water partition coefficient (Wildman–Crippen LogP) is 2.34. The first-order valence-electron chi connectivity index (χ1n) is 8.88. The first-order valence-corrected chi connectivity index (χ1v) is 8.88. The van der Waals surface area contributed by atoms with Gasteiger partial charge < -0.3 is 19.5 Å². The van der Waals surface area contributed by atoms with Crippen molar-refractivity contribution in [1.82, 2.24) is 5.32 Å². The molecule has 0 bridgehead atoms. The van der Waals surface area contributed by atoms with Crippen molar-refractivity contribution in [3.05, 3.63) is 23.8 Å². The highest BCUT2D eigenvalue weighted by atomic mass is 16.6. The van der Waals surface area contributed by atoms with Crippen LogP contribution in [0.1, 0.15) is 45.1 Å². The molecule has 0 saturated heterocycles. The fourth-order valence-corrected chi connectivity index (χ4v) is 3.56. The molecule has 0 aromatic heterocycles. The molecule has 6 nitrogen and oxygen atoms in total. The first kappa shape index (κ1) is 17.6. The molecular weight excluding hydrogens is 322 g/mol. The second-order valence-electron chi connectivity index (χ2n) is 6.95. The third kappa shape index (κ3) is 3.72. The average molecular weight is 347 g/mol. The van der Waals surface area contributed by atoms with Crippen molar-refractivity contribution in [2.75, 3.05) is 19.8 Å². The number of esters is 1. The normalized spacial score (nSPS) is 18.0. The Morgan fingerprint density at radius 1 is 1.16 bits per heavy atom. The molecule has 1 N–H and O–H groups in total. The van der Waals surface area contributed by atoms with Crippen LogP contribution in [0.4, 0.5) is 0 Å². The summed E-state index contributed by atoms with van der Waals surface area (Å²) in [7, 11) is 0. The van der Waals surface area contributed by atoms with Gasteiger partial charge >= 0.3 is 5.97 Å². The maximum atomic E-state index is 12.9. The van der Waals surface area contributed by atoms with Crippen LogP contribution in [0.5, 0.6) is 11.5 Å². The molecule has 2 aliphatic rings. The first-order chi connectivity index (χ1) is 12.0. The van der Waals surface area contributed by atoms with Gasteiger partial charge in [-0.15, -0.1) is 0 Å². The van der Waals surface area contributed by atoms with E-state index in [0.717, 1.165) is 31.2 Å². The highest BCUT2D eigenvalue weighted by Gasteiger charge is 2.45. The summed E-state index contributed by atoms with van der Waals surface area (Å²) in [6.45, 7) is 4.53. The van der Waals surface area contributed by atoms with Crippen LogP contribution in [-0.4, -0.2) is 37.7 Å². The van der Waals surface area contributed by atoms with Gasteiger partial charge in [-0.2, -0.15) is 0 Å². The van der Waals surface area contributed by atoms with E-state index in [9.17, 15) is 9.59 Å². The minimum absolute atomic E-state index is 0.0180. The minimum atomic E-state index is -0.700. The summed E-state index contributed by atoms with van der Waals surface area (Å²) >= 11 is 0. The van der Waals surface area contributed by atoms with Crippen LogP contribution in [-0.2, 0) is 19.7 Å². The molecule has 1 heterocycles. The van der Waals surface area contributed by atoms with Crippen LogP contribution in [0, 0.1) is 0 Å². The highest BCUT2D eigenvalue weighted by molar-refractivity contribution is 5.87. The molecule has 1 aromatic rings. The fourth-order valence-electron chi connectivity index (χ4n) is 3.56. The number of hydrogen-bond donors (Lipinski definition) is 1. The molecule has 1 aliphatic carbocycles. The van der Waals surface area contributed by atoms with Gasteiger partial charge in [0.05, 0.1) is 5.41 Å². The number of carbonyl (C=O) groups excluding carboxylic acids is 2. The number of fused-ring (bicyclic) bond motifs is 1. The standard InChI is InChI=1S/C19H25NO5/c1-13(2)20-17(21)12-25-18(22)19(7-3-4-8-19)14-5-6-15-16(11-14)24-10-9-23-15/h5-6,11,13H,3-4,7-10,12H2,1-2H3,(H,20,21). The lowest BCUT2D eigenvalue weighted by Gasteiger charge is -2.29. The number of benzene rings is 1. The molecule has 0 radical (unpaired) electrons. The zero-order valence-corrected chi connectivity index (χ0v) is 14.8. The number of carbonyl (C=O) groups is 2. The van der Waals surface area contributed by atoms with Crippen molar-refractivity contribution in [2.45, 2.75) is 51.0 Å². The molecule has 1 saturated carbocycles. The topological polar surface area (TPSA) is 73.9 Å². The molecule has 0 unspecified atom stereocenters. The Morgan fingerprint density at radius 2 is 1.84 bits per heavy atom. The van der Waals surface area contributed by atoms with E-state index in [2.05, 4.69) is 5.32 Å². The number of hydrogen-bond acceptors (Lipinski definition) is 5. The van der Waals surface area contributed by atoms with E-state index >= 15 is 0 Å².